The summed E-state index contributed by atoms with van der Waals surface area (Å²) < 4.78 is 6.60. The van der Waals surface area contributed by atoms with Crippen molar-refractivity contribution in [2.24, 2.45) is 7.05 Å². The van der Waals surface area contributed by atoms with Crippen molar-refractivity contribution in [2.75, 3.05) is 19.0 Å². The van der Waals surface area contributed by atoms with Crippen LogP contribution < -0.4 is 16.0 Å². The number of hydrogen-bond acceptors (Lipinski definition) is 4. The van der Waals surface area contributed by atoms with Crippen LogP contribution in [-0.2, 0) is 13.6 Å². The van der Waals surface area contributed by atoms with E-state index in [-0.39, 0.29) is 5.91 Å². The fourth-order valence-corrected chi connectivity index (χ4v) is 2.48. The average Bonchev–Trinajstić information content (AvgIpc) is 2.86. The second kappa shape index (κ2) is 6.23. The first-order valence-corrected chi connectivity index (χ1v) is 7.60. The molecule has 0 saturated heterocycles. The Morgan fingerprint density at radius 3 is 2.54 bits per heavy atom. The van der Waals surface area contributed by atoms with Crippen LogP contribution in [0.4, 0.5) is 5.69 Å². The number of amides is 1. The zero-order valence-corrected chi connectivity index (χ0v) is 13.9. The fourth-order valence-electron chi connectivity index (χ4n) is 2.48. The van der Waals surface area contributed by atoms with Crippen LogP contribution in [0.25, 0.3) is 11.1 Å². The Morgan fingerprint density at radius 2 is 1.88 bits per heavy atom. The molecule has 0 saturated carbocycles. The van der Waals surface area contributed by atoms with E-state index >= 15 is 0 Å². The number of rotatable bonds is 4. The van der Waals surface area contributed by atoms with Crippen molar-refractivity contribution >= 4 is 22.7 Å². The van der Waals surface area contributed by atoms with Crippen molar-refractivity contribution in [3.63, 3.8) is 0 Å². The molecule has 2 aromatic carbocycles. The number of anilines is 1. The van der Waals surface area contributed by atoms with Crippen LogP contribution >= 0.6 is 0 Å². The molecule has 6 heteroatoms. The van der Waals surface area contributed by atoms with Gasteiger partial charge < -0.3 is 14.6 Å². The Kier molecular flexibility index (Phi) is 4.12. The Balaban J connectivity index is 1.70. The van der Waals surface area contributed by atoms with Gasteiger partial charge in [0, 0.05) is 38.9 Å². The summed E-state index contributed by atoms with van der Waals surface area (Å²) in [5.74, 6) is -0.540. The molecule has 124 valence electrons. The predicted molar refractivity (Wildman–Crippen MR) is 93.4 cm³/mol. The van der Waals surface area contributed by atoms with Gasteiger partial charge in [0.05, 0.1) is 5.52 Å². The van der Waals surface area contributed by atoms with E-state index in [1.54, 1.807) is 25.2 Å². The number of nitrogens with zero attached hydrogens (tertiary/aromatic N) is 2. The monoisotopic (exact) mass is 325 g/mol. The molecular weight excluding hydrogens is 306 g/mol. The lowest BCUT2D eigenvalue weighted by molar-refractivity contribution is 0.0951. The second-order valence-corrected chi connectivity index (χ2v) is 5.85. The summed E-state index contributed by atoms with van der Waals surface area (Å²) in [6, 6.07) is 12.8. The van der Waals surface area contributed by atoms with Crippen molar-refractivity contribution < 1.29 is 9.21 Å². The first-order chi connectivity index (χ1) is 11.5. The molecule has 1 heterocycles. The Bertz CT molecular complexity index is 936. The van der Waals surface area contributed by atoms with Crippen molar-refractivity contribution in [1.29, 1.82) is 0 Å². The molecule has 0 spiro atoms. The van der Waals surface area contributed by atoms with Crippen LogP contribution in [-0.4, -0.2) is 24.6 Å². The number of oxazole rings is 1. The van der Waals surface area contributed by atoms with E-state index in [4.69, 9.17) is 4.42 Å². The summed E-state index contributed by atoms with van der Waals surface area (Å²) in [7, 11) is 5.56. The van der Waals surface area contributed by atoms with E-state index < -0.39 is 5.76 Å². The van der Waals surface area contributed by atoms with E-state index in [1.807, 2.05) is 43.3 Å². The number of fused-ring (bicyclic) bond motifs is 1. The third-order valence-corrected chi connectivity index (χ3v) is 3.96. The van der Waals surface area contributed by atoms with Crippen LogP contribution in [0.2, 0.25) is 0 Å². The molecule has 0 aliphatic rings. The van der Waals surface area contributed by atoms with E-state index in [0.29, 0.717) is 17.7 Å². The molecule has 1 aromatic heterocycles. The van der Waals surface area contributed by atoms with Crippen molar-refractivity contribution in [3.8, 4) is 0 Å². The van der Waals surface area contributed by atoms with E-state index in [2.05, 4.69) is 5.32 Å². The predicted octanol–water partition coefficient (Wildman–Crippen LogP) is 2.13. The number of aryl methyl sites for hydroxylation is 1. The second-order valence-electron chi connectivity index (χ2n) is 5.85. The molecule has 0 bridgehead atoms. The summed E-state index contributed by atoms with van der Waals surface area (Å²) in [5, 5.41) is 2.87. The Labute approximate surface area is 139 Å². The lowest BCUT2D eigenvalue weighted by atomic mass is 10.1. The minimum Gasteiger partial charge on any atom is -0.408 e. The summed E-state index contributed by atoms with van der Waals surface area (Å²) >= 11 is 0. The minimum absolute atomic E-state index is 0.144. The molecule has 0 aliphatic carbocycles. The van der Waals surface area contributed by atoms with E-state index in [0.717, 1.165) is 16.8 Å². The molecule has 0 atom stereocenters. The zero-order chi connectivity index (χ0) is 17.3. The van der Waals surface area contributed by atoms with Gasteiger partial charge in [0.15, 0.2) is 5.58 Å². The molecular formula is C18H19N3O3. The van der Waals surface area contributed by atoms with Crippen LogP contribution in [0.1, 0.15) is 15.9 Å². The highest BCUT2D eigenvalue weighted by atomic mass is 16.4. The molecule has 1 amide bonds. The standard InChI is InChI=1S/C18H19N3O3/c1-20(2)14-7-5-13(6-8-14)17(22)19-11-12-4-9-15-16(10-12)24-18(23)21(15)3/h4-10H,11H2,1-3H3,(H,19,22). The molecule has 0 aliphatic heterocycles. The van der Waals surface area contributed by atoms with Crippen molar-refractivity contribution in [2.45, 2.75) is 6.54 Å². The van der Waals surface area contributed by atoms with Gasteiger partial charge in [-0.25, -0.2) is 4.79 Å². The summed E-state index contributed by atoms with van der Waals surface area (Å²) in [6.45, 7) is 0.364. The van der Waals surface area contributed by atoms with Crippen LogP contribution in [0, 0.1) is 0 Å². The summed E-state index contributed by atoms with van der Waals surface area (Å²) in [5.41, 5.74) is 3.76. The van der Waals surface area contributed by atoms with E-state index in [1.165, 1.54) is 4.57 Å². The van der Waals surface area contributed by atoms with Gasteiger partial charge >= 0.3 is 5.76 Å². The van der Waals surface area contributed by atoms with Gasteiger partial charge in [-0.15, -0.1) is 0 Å². The Hall–Kier alpha value is -3.02. The van der Waals surface area contributed by atoms with Crippen LogP contribution in [0.5, 0.6) is 0 Å². The molecule has 0 unspecified atom stereocenters. The minimum atomic E-state index is -0.396. The van der Waals surface area contributed by atoms with Gasteiger partial charge in [0.25, 0.3) is 5.91 Å². The normalized spacial score (nSPS) is 10.8. The number of benzene rings is 2. The topological polar surface area (TPSA) is 67.5 Å². The molecule has 3 rings (SSSR count). The number of carbonyl (C=O) groups is 1. The Morgan fingerprint density at radius 1 is 1.17 bits per heavy atom. The SMILES string of the molecule is CN(C)c1ccc(C(=O)NCc2ccc3c(c2)oc(=O)n3C)cc1. The van der Waals surface area contributed by atoms with Gasteiger partial charge in [0.2, 0.25) is 0 Å². The van der Waals surface area contributed by atoms with Crippen LogP contribution in [0.15, 0.2) is 51.7 Å². The molecule has 3 aromatic rings. The van der Waals surface area contributed by atoms with Gasteiger partial charge in [-0.2, -0.15) is 0 Å². The summed E-state index contributed by atoms with van der Waals surface area (Å²) in [6.07, 6.45) is 0. The van der Waals surface area contributed by atoms with Crippen LogP contribution in [0.3, 0.4) is 0 Å². The number of aromatic nitrogens is 1. The lowest BCUT2D eigenvalue weighted by Crippen LogP contribution is -2.22. The maximum absolute atomic E-state index is 12.2. The molecule has 0 radical (unpaired) electrons. The lowest BCUT2D eigenvalue weighted by Gasteiger charge is -2.12. The van der Waals surface area contributed by atoms with Gasteiger partial charge in [-0.1, -0.05) is 6.07 Å². The average molecular weight is 325 g/mol. The highest BCUT2D eigenvalue weighted by molar-refractivity contribution is 5.94. The number of nitrogens with one attached hydrogen (secondary N) is 1. The van der Waals surface area contributed by atoms with Gasteiger partial charge in [-0.05, 0) is 42.0 Å². The van der Waals surface area contributed by atoms with Gasteiger partial charge in [0.1, 0.15) is 0 Å². The number of carbonyl (C=O) groups excluding carboxylic acids is 1. The first-order valence-electron chi connectivity index (χ1n) is 7.60. The number of hydrogen-bond donors (Lipinski definition) is 1. The first kappa shape index (κ1) is 15.9. The molecule has 0 fully saturated rings. The quantitative estimate of drug-likeness (QED) is 0.798. The molecule has 6 nitrogen and oxygen atoms in total. The fraction of sp³-hybridized carbons (Fsp3) is 0.222. The highest BCUT2D eigenvalue weighted by Crippen LogP contribution is 2.15. The van der Waals surface area contributed by atoms with Crippen molar-refractivity contribution in [3.05, 3.63) is 64.1 Å². The maximum atomic E-state index is 12.2. The third-order valence-electron chi connectivity index (χ3n) is 3.96. The smallest absolute Gasteiger partial charge is 0.408 e. The van der Waals surface area contributed by atoms with Crippen molar-refractivity contribution in [1.82, 2.24) is 9.88 Å². The van der Waals surface area contributed by atoms with E-state index in [9.17, 15) is 9.59 Å². The largest absolute Gasteiger partial charge is 0.419 e. The third kappa shape index (κ3) is 3.03. The highest BCUT2D eigenvalue weighted by Gasteiger charge is 2.09. The maximum Gasteiger partial charge on any atom is 0.419 e. The summed E-state index contributed by atoms with van der Waals surface area (Å²) in [4.78, 5) is 25.7. The molecule has 24 heavy (non-hydrogen) atoms. The van der Waals surface area contributed by atoms with Gasteiger partial charge in [-0.3, -0.25) is 9.36 Å². The zero-order valence-electron chi connectivity index (χ0n) is 13.9. The molecule has 1 N–H and O–H groups in total.